The number of aromatic nitrogens is 2. The lowest BCUT2D eigenvalue weighted by atomic mass is 9.70. The van der Waals surface area contributed by atoms with Gasteiger partial charge in [0.25, 0.3) is 0 Å². The molecule has 0 spiro atoms. The third-order valence-corrected chi connectivity index (χ3v) is 9.22. The summed E-state index contributed by atoms with van der Waals surface area (Å²) >= 11 is 0. The highest BCUT2D eigenvalue weighted by atomic mass is 35.5. The first-order chi connectivity index (χ1) is 17.5. The Morgan fingerprint density at radius 1 is 0.974 bits per heavy atom. The van der Waals surface area contributed by atoms with Gasteiger partial charge in [0.2, 0.25) is 0 Å². The molecule has 0 radical (unpaired) electrons. The van der Waals surface area contributed by atoms with Gasteiger partial charge in [-0.1, -0.05) is 24.3 Å². The number of fused-ring (bicyclic) bond motifs is 3. The molecule has 2 aromatic carbocycles. The second kappa shape index (κ2) is 12.2. The summed E-state index contributed by atoms with van der Waals surface area (Å²) in [7, 11) is 0. The Labute approximate surface area is 240 Å². The number of rotatable bonds is 7. The monoisotopic (exact) mass is 558 g/mol. The van der Waals surface area contributed by atoms with Gasteiger partial charge in [0, 0.05) is 18.1 Å². The first-order valence-electron chi connectivity index (χ1n) is 14.2. The Kier molecular flexibility index (Phi) is 9.34. The summed E-state index contributed by atoms with van der Waals surface area (Å²) in [5, 5.41) is 3.61. The van der Waals surface area contributed by atoms with E-state index >= 15 is 0 Å². The molecule has 1 aromatic heterocycles. The fraction of sp³-hybridized carbons (Fsp3) is 0.581. The van der Waals surface area contributed by atoms with E-state index in [0.29, 0.717) is 18.1 Å². The number of imidazole rings is 1. The lowest BCUT2D eigenvalue weighted by Gasteiger charge is -2.44. The molecule has 2 bridgehead atoms. The van der Waals surface area contributed by atoms with Crippen LogP contribution >= 0.6 is 24.8 Å². The van der Waals surface area contributed by atoms with Gasteiger partial charge in [-0.25, -0.2) is 4.98 Å². The summed E-state index contributed by atoms with van der Waals surface area (Å²) in [6, 6.07) is 19.6. The number of halogens is 2. The van der Waals surface area contributed by atoms with Crippen LogP contribution in [0.25, 0.3) is 11.0 Å². The van der Waals surface area contributed by atoms with E-state index in [0.717, 1.165) is 24.4 Å². The van der Waals surface area contributed by atoms with E-state index in [-0.39, 0.29) is 36.3 Å². The maximum atomic E-state index is 6.08. The summed E-state index contributed by atoms with van der Waals surface area (Å²) in [6.07, 6.45) is 9.07. The topological polar surface area (TPSA) is 42.3 Å². The van der Waals surface area contributed by atoms with Crippen LogP contribution in [-0.2, 0) is 5.41 Å². The number of ether oxygens (including phenoxy) is 1. The van der Waals surface area contributed by atoms with Gasteiger partial charge in [-0.05, 0) is 121 Å². The number of para-hydroxylation sites is 2. The van der Waals surface area contributed by atoms with E-state index in [1.165, 1.54) is 68.4 Å². The van der Waals surface area contributed by atoms with Gasteiger partial charge in [-0.15, -0.1) is 24.8 Å². The van der Waals surface area contributed by atoms with Gasteiger partial charge in [-0.2, -0.15) is 0 Å². The molecular weight excluding hydrogens is 515 g/mol. The molecule has 3 fully saturated rings. The lowest BCUT2D eigenvalue weighted by Crippen LogP contribution is -2.47. The van der Waals surface area contributed by atoms with Crippen molar-refractivity contribution < 1.29 is 4.74 Å². The van der Waals surface area contributed by atoms with E-state index in [9.17, 15) is 0 Å². The molecule has 6 rings (SSSR count). The largest absolute Gasteiger partial charge is 0.491 e. The van der Waals surface area contributed by atoms with Gasteiger partial charge >= 0.3 is 0 Å². The number of hydrogen-bond acceptors (Lipinski definition) is 4. The molecule has 0 saturated carbocycles. The minimum absolute atomic E-state index is 0. The van der Waals surface area contributed by atoms with Crippen molar-refractivity contribution in [3.05, 3.63) is 59.9 Å². The Bertz CT molecular complexity index is 1190. The Hall–Kier alpha value is -1.79. The third kappa shape index (κ3) is 5.58. The zero-order valence-electron chi connectivity index (χ0n) is 23.1. The predicted molar refractivity (Wildman–Crippen MR) is 161 cm³/mol. The minimum atomic E-state index is 0. The maximum Gasteiger partial charge on any atom is 0.119 e. The quantitative estimate of drug-likeness (QED) is 0.344. The van der Waals surface area contributed by atoms with Crippen LogP contribution in [0.5, 0.6) is 5.75 Å². The second-order valence-electron chi connectivity index (χ2n) is 11.7. The van der Waals surface area contributed by atoms with Gasteiger partial charge in [0.05, 0.1) is 17.1 Å². The Balaban J connectivity index is 0.00000168. The molecule has 1 N–H and O–H groups in total. The van der Waals surface area contributed by atoms with Crippen molar-refractivity contribution >= 4 is 35.8 Å². The highest BCUT2D eigenvalue weighted by molar-refractivity contribution is 5.85. The Morgan fingerprint density at radius 3 is 2.39 bits per heavy atom. The number of piperidine rings is 2. The molecular formula is C31H44Cl2N4O. The molecule has 38 heavy (non-hydrogen) atoms. The number of nitrogens with one attached hydrogen (secondary N) is 1. The van der Waals surface area contributed by atoms with E-state index in [1.807, 2.05) is 0 Å². The van der Waals surface area contributed by atoms with E-state index in [4.69, 9.17) is 9.72 Å². The van der Waals surface area contributed by atoms with E-state index in [1.54, 1.807) is 0 Å². The summed E-state index contributed by atoms with van der Waals surface area (Å²) < 4.78 is 8.63. The molecule has 0 amide bonds. The van der Waals surface area contributed by atoms with Crippen molar-refractivity contribution in [3.8, 4) is 5.75 Å². The predicted octanol–water partition coefficient (Wildman–Crippen LogP) is 6.85. The maximum absolute atomic E-state index is 6.08. The first-order valence-corrected chi connectivity index (χ1v) is 14.2. The molecule has 3 atom stereocenters. The normalized spacial score (nSPS) is 24.7. The molecule has 0 aliphatic carbocycles. The molecule has 3 saturated heterocycles. The number of hydrogen-bond donors (Lipinski definition) is 1. The molecule has 3 aliphatic heterocycles. The summed E-state index contributed by atoms with van der Waals surface area (Å²) in [5.41, 5.74) is 4.17. The summed E-state index contributed by atoms with van der Waals surface area (Å²) in [6.45, 7) is 9.84. The fourth-order valence-electron chi connectivity index (χ4n) is 7.55. The van der Waals surface area contributed by atoms with Crippen LogP contribution in [0.2, 0.25) is 0 Å². The summed E-state index contributed by atoms with van der Waals surface area (Å²) in [4.78, 5) is 7.77. The fourth-order valence-corrected chi connectivity index (χ4v) is 7.55. The van der Waals surface area contributed by atoms with Crippen molar-refractivity contribution in [1.82, 2.24) is 19.8 Å². The molecule has 208 valence electrons. The SMILES string of the molecule is Cc1nc2ccccc2n1C1C[C@H]2CC[C@@H](C1)N2CCC1(c2cccc(OC(C)C)c2)CCNCC1.Cl.Cl. The van der Waals surface area contributed by atoms with Crippen LogP contribution in [0.4, 0.5) is 0 Å². The second-order valence-corrected chi connectivity index (χ2v) is 11.7. The molecule has 5 nitrogen and oxygen atoms in total. The van der Waals surface area contributed by atoms with Crippen LogP contribution in [0.3, 0.4) is 0 Å². The minimum Gasteiger partial charge on any atom is -0.491 e. The number of benzene rings is 2. The lowest BCUT2D eigenvalue weighted by molar-refractivity contribution is 0.0928. The smallest absolute Gasteiger partial charge is 0.119 e. The number of nitrogens with zero attached hydrogens (tertiary/aromatic N) is 3. The van der Waals surface area contributed by atoms with Crippen molar-refractivity contribution in [2.24, 2.45) is 0 Å². The van der Waals surface area contributed by atoms with Crippen molar-refractivity contribution in [2.75, 3.05) is 19.6 Å². The molecule has 3 aliphatic rings. The van der Waals surface area contributed by atoms with Crippen LogP contribution in [0.15, 0.2) is 48.5 Å². The first kappa shape index (κ1) is 29.2. The zero-order valence-corrected chi connectivity index (χ0v) is 24.7. The van der Waals surface area contributed by atoms with Crippen molar-refractivity contribution in [1.29, 1.82) is 0 Å². The number of aryl methyl sites for hydroxylation is 1. The zero-order chi connectivity index (χ0) is 24.7. The Morgan fingerprint density at radius 2 is 1.68 bits per heavy atom. The van der Waals surface area contributed by atoms with Crippen molar-refractivity contribution in [3.63, 3.8) is 0 Å². The summed E-state index contributed by atoms with van der Waals surface area (Å²) in [5.74, 6) is 2.19. The molecule has 1 unspecified atom stereocenters. The molecule has 7 heteroatoms. The van der Waals surface area contributed by atoms with Gasteiger partial charge in [0.1, 0.15) is 11.6 Å². The third-order valence-electron chi connectivity index (χ3n) is 9.22. The van der Waals surface area contributed by atoms with Gasteiger partial charge in [0.15, 0.2) is 0 Å². The highest BCUT2D eigenvalue weighted by Gasteiger charge is 2.43. The van der Waals surface area contributed by atoms with Crippen LogP contribution in [-0.4, -0.2) is 52.3 Å². The molecule has 3 aromatic rings. The standard InChI is InChI=1S/C31H42N4O.2ClH/c1-22(2)36-28-8-6-7-24(19-28)31(13-16-32-17-14-31)15-18-34-25-11-12-26(34)21-27(20-25)35-23(3)33-29-9-4-5-10-30(29)35;;/h4-10,19,22,25-27,32H,11-18,20-21H2,1-3H3;2*1H/t25-,26+,27?;;. The van der Waals surface area contributed by atoms with E-state index < -0.39 is 0 Å². The average molecular weight is 560 g/mol. The molecule has 4 heterocycles. The van der Waals surface area contributed by atoms with E-state index in [2.05, 4.69) is 84.1 Å². The van der Waals surface area contributed by atoms with Crippen LogP contribution in [0.1, 0.15) is 76.2 Å². The van der Waals surface area contributed by atoms with Crippen LogP contribution in [0, 0.1) is 6.92 Å². The average Bonchev–Trinajstić information content (AvgIpc) is 3.34. The highest BCUT2D eigenvalue weighted by Crippen LogP contribution is 2.44. The van der Waals surface area contributed by atoms with Gasteiger partial charge in [-0.3, -0.25) is 4.90 Å². The van der Waals surface area contributed by atoms with Crippen LogP contribution < -0.4 is 10.1 Å². The van der Waals surface area contributed by atoms with Gasteiger partial charge < -0.3 is 14.6 Å². The van der Waals surface area contributed by atoms with Crippen molar-refractivity contribution in [2.45, 2.75) is 95.4 Å².